The summed E-state index contributed by atoms with van der Waals surface area (Å²) in [7, 11) is 0. The van der Waals surface area contributed by atoms with E-state index in [4.69, 9.17) is 21.7 Å². The second-order valence-corrected chi connectivity index (χ2v) is 8.30. The minimum absolute atomic E-state index is 0.137. The number of aliphatic carboxylic acids is 2. The number of nitrogens with one attached hydrogen (secondary N) is 2. The quantitative estimate of drug-likeness (QED) is 0.180. The van der Waals surface area contributed by atoms with E-state index in [0.29, 0.717) is 38.6 Å². The molecule has 1 aliphatic heterocycles. The van der Waals surface area contributed by atoms with E-state index in [1.165, 1.54) is 4.90 Å². The number of rotatable bonds is 13. The molecule has 12 heteroatoms. The zero-order valence-electron chi connectivity index (χ0n) is 18.6. The van der Waals surface area contributed by atoms with Crippen molar-refractivity contribution in [1.82, 2.24) is 15.5 Å². The Morgan fingerprint density at radius 1 is 1.06 bits per heavy atom. The molecule has 32 heavy (non-hydrogen) atoms. The molecule has 12 nitrogen and oxygen atoms in total. The van der Waals surface area contributed by atoms with Crippen LogP contribution in [-0.4, -0.2) is 82.0 Å². The highest BCUT2D eigenvalue weighted by molar-refractivity contribution is 5.95. The molecule has 1 rings (SSSR count). The summed E-state index contributed by atoms with van der Waals surface area (Å²) in [4.78, 5) is 61.8. The summed E-state index contributed by atoms with van der Waals surface area (Å²) in [5.41, 5.74) is 11.4. The van der Waals surface area contributed by atoms with Crippen molar-refractivity contribution >= 4 is 29.7 Å². The Morgan fingerprint density at radius 3 is 2.25 bits per heavy atom. The molecule has 8 N–H and O–H groups in total. The average molecular weight is 458 g/mol. The Balaban J connectivity index is 2.96. The van der Waals surface area contributed by atoms with Crippen LogP contribution in [0.25, 0.3) is 0 Å². The summed E-state index contributed by atoms with van der Waals surface area (Å²) in [5, 5.41) is 22.9. The van der Waals surface area contributed by atoms with Crippen LogP contribution in [0, 0.1) is 5.92 Å². The lowest BCUT2D eigenvalue weighted by Gasteiger charge is -2.30. The van der Waals surface area contributed by atoms with E-state index >= 15 is 0 Å². The molecular formula is C20H35N5O7. The van der Waals surface area contributed by atoms with E-state index in [0.717, 1.165) is 0 Å². The monoisotopic (exact) mass is 457 g/mol. The number of unbranched alkanes of at least 4 members (excludes halogenated alkanes) is 1. The van der Waals surface area contributed by atoms with Crippen LogP contribution in [0.4, 0.5) is 0 Å². The van der Waals surface area contributed by atoms with Gasteiger partial charge in [-0.25, -0.2) is 4.79 Å². The Kier molecular flexibility index (Phi) is 11.1. The largest absolute Gasteiger partial charge is 0.481 e. The molecule has 0 aromatic heterocycles. The standard InChI is InChI=1S/C20H35N5O7/c1-11(2)16(22)18(29)23-12(6-3-4-8-21)19(30)25-9-5-7-14(25)17(28)24-13(20(31)32)10-15(26)27/h11-14,16H,3-10,21-22H2,1-2H3,(H,23,29)(H,24,28)(H,26,27)(H,31,32). The Hall–Kier alpha value is -2.73. The third-order valence-corrected chi connectivity index (χ3v) is 5.41. The van der Waals surface area contributed by atoms with Gasteiger partial charge in [0.15, 0.2) is 0 Å². The predicted molar refractivity (Wildman–Crippen MR) is 114 cm³/mol. The molecule has 1 aliphatic rings. The third kappa shape index (κ3) is 8.08. The van der Waals surface area contributed by atoms with Crippen LogP contribution in [0.2, 0.25) is 0 Å². The summed E-state index contributed by atoms with van der Waals surface area (Å²) >= 11 is 0. The maximum Gasteiger partial charge on any atom is 0.326 e. The summed E-state index contributed by atoms with van der Waals surface area (Å²) in [6, 6.07) is -4.26. The van der Waals surface area contributed by atoms with Gasteiger partial charge in [-0.1, -0.05) is 13.8 Å². The van der Waals surface area contributed by atoms with E-state index in [2.05, 4.69) is 10.6 Å². The van der Waals surface area contributed by atoms with Crippen molar-refractivity contribution in [3.8, 4) is 0 Å². The SMILES string of the molecule is CC(C)C(N)C(=O)NC(CCCCN)C(=O)N1CCCC1C(=O)NC(CC(=O)O)C(=O)O. The van der Waals surface area contributed by atoms with Crippen molar-refractivity contribution in [2.24, 2.45) is 17.4 Å². The van der Waals surface area contributed by atoms with E-state index in [-0.39, 0.29) is 12.5 Å². The molecule has 1 heterocycles. The topological polar surface area (TPSA) is 205 Å². The van der Waals surface area contributed by atoms with Crippen LogP contribution in [0.3, 0.4) is 0 Å². The number of carbonyl (C=O) groups is 5. The van der Waals surface area contributed by atoms with Gasteiger partial charge in [0.25, 0.3) is 0 Å². The number of carbonyl (C=O) groups excluding carboxylic acids is 3. The fraction of sp³-hybridized carbons (Fsp3) is 0.750. The van der Waals surface area contributed by atoms with Gasteiger partial charge in [0.2, 0.25) is 17.7 Å². The Labute approximate surface area is 187 Å². The first kappa shape index (κ1) is 27.3. The van der Waals surface area contributed by atoms with Crippen molar-refractivity contribution < 1.29 is 34.2 Å². The Bertz CT molecular complexity index is 700. The molecular weight excluding hydrogens is 422 g/mol. The predicted octanol–water partition coefficient (Wildman–Crippen LogP) is -1.38. The van der Waals surface area contributed by atoms with Gasteiger partial charge >= 0.3 is 11.9 Å². The number of hydrogen-bond donors (Lipinski definition) is 6. The van der Waals surface area contributed by atoms with Crippen LogP contribution in [0.5, 0.6) is 0 Å². The normalized spacial score (nSPS) is 18.7. The smallest absolute Gasteiger partial charge is 0.326 e. The van der Waals surface area contributed by atoms with Crippen LogP contribution < -0.4 is 22.1 Å². The van der Waals surface area contributed by atoms with Crippen molar-refractivity contribution in [2.45, 2.75) is 76.5 Å². The van der Waals surface area contributed by atoms with Crippen LogP contribution in [0.1, 0.15) is 52.4 Å². The fourth-order valence-corrected chi connectivity index (χ4v) is 3.47. The molecule has 4 unspecified atom stereocenters. The molecule has 182 valence electrons. The maximum atomic E-state index is 13.2. The number of nitrogens with two attached hydrogens (primary N) is 2. The fourth-order valence-electron chi connectivity index (χ4n) is 3.47. The molecule has 1 saturated heterocycles. The van der Waals surface area contributed by atoms with Crippen molar-refractivity contribution in [1.29, 1.82) is 0 Å². The Morgan fingerprint density at radius 2 is 1.72 bits per heavy atom. The van der Waals surface area contributed by atoms with Crippen molar-refractivity contribution in [2.75, 3.05) is 13.1 Å². The number of carboxylic acid groups (broad SMARTS) is 2. The van der Waals surface area contributed by atoms with Crippen LogP contribution in [0.15, 0.2) is 0 Å². The molecule has 0 aromatic carbocycles. The van der Waals surface area contributed by atoms with E-state index in [1.807, 2.05) is 0 Å². The highest BCUT2D eigenvalue weighted by Crippen LogP contribution is 2.20. The highest BCUT2D eigenvalue weighted by atomic mass is 16.4. The molecule has 0 saturated carbocycles. The summed E-state index contributed by atoms with van der Waals surface area (Å²) < 4.78 is 0. The van der Waals surface area contributed by atoms with Gasteiger partial charge < -0.3 is 37.2 Å². The molecule has 0 bridgehead atoms. The zero-order valence-corrected chi connectivity index (χ0v) is 18.6. The molecule has 0 aliphatic carbocycles. The van der Waals surface area contributed by atoms with Crippen LogP contribution in [-0.2, 0) is 24.0 Å². The van der Waals surface area contributed by atoms with Gasteiger partial charge in [-0.2, -0.15) is 0 Å². The molecule has 0 aromatic rings. The second-order valence-electron chi connectivity index (χ2n) is 8.30. The number of nitrogens with zero attached hydrogens (tertiary/aromatic N) is 1. The molecule has 1 fully saturated rings. The van der Waals surface area contributed by atoms with Gasteiger partial charge in [-0.05, 0) is 44.6 Å². The summed E-state index contributed by atoms with van der Waals surface area (Å²) in [5.74, 6) is -4.67. The van der Waals surface area contributed by atoms with Gasteiger partial charge in [-0.15, -0.1) is 0 Å². The number of amides is 3. The number of carboxylic acids is 2. The van der Waals surface area contributed by atoms with Gasteiger partial charge in [0.05, 0.1) is 12.5 Å². The molecule has 4 atom stereocenters. The van der Waals surface area contributed by atoms with Crippen LogP contribution >= 0.6 is 0 Å². The molecule has 0 spiro atoms. The lowest BCUT2D eigenvalue weighted by atomic mass is 10.0. The van der Waals surface area contributed by atoms with Gasteiger partial charge in [0, 0.05) is 6.54 Å². The van der Waals surface area contributed by atoms with Gasteiger partial charge in [-0.3, -0.25) is 19.2 Å². The minimum Gasteiger partial charge on any atom is -0.481 e. The third-order valence-electron chi connectivity index (χ3n) is 5.41. The molecule has 0 radical (unpaired) electrons. The summed E-state index contributed by atoms with van der Waals surface area (Å²) in [6.07, 6.45) is 1.56. The second kappa shape index (κ2) is 13.0. The maximum absolute atomic E-state index is 13.2. The first-order valence-corrected chi connectivity index (χ1v) is 10.8. The molecule has 3 amide bonds. The van der Waals surface area contributed by atoms with Gasteiger partial charge in [0.1, 0.15) is 18.1 Å². The van der Waals surface area contributed by atoms with Crippen molar-refractivity contribution in [3.63, 3.8) is 0 Å². The average Bonchev–Trinajstić information content (AvgIpc) is 3.20. The first-order valence-electron chi connectivity index (χ1n) is 10.8. The number of hydrogen-bond acceptors (Lipinski definition) is 7. The minimum atomic E-state index is -1.61. The van der Waals surface area contributed by atoms with E-state index < -0.39 is 60.2 Å². The highest BCUT2D eigenvalue weighted by Gasteiger charge is 2.39. The zero-order chi connectivity index (χ0) is 24.4. The lowest BCUT2D eigenvalue weighted by Crippen LogP contribution is -2.57. The van der Waals surface area contributed by atoms with E-state index in [9.17, 15) is 24.0 Å². The number of likely N-dealkylation sites (tertiary alicyclic amines) is 1. The van der Waals surface area contributed by atoms with E-state index in [1.54, 1.807) is 13.8 Å². The van der Waals surface area contributed by atoms with Crippen molar-refractivity contribution in [3.05, 3.63) is 0 Å². The summed E-state index contributed by atoms with van der Waals surface area (Å²) in [6.45, 7) is 4.25. The lowest BCUT2D eigenvalue weighted by molar-refractivity contribution is -0.148. The first-order chi connectivity index (χ1) is 15.0.